The maximum atomic E-state index is 6.39. The molecule has 2 aromatic rings. The van der Waals surface area contributed by atoms with Crippen molar-refractivity contribution in [3.05, 3.63) is 69.2 Å². The number of hydrogen-bond donors (Lipinski definition) is 1. The third-order valence-corrected chi connectivity index (χ3v) is 4.18. The van der Waals surface area contributed by atoms with Crippen LogP contribution >= 0.6 is 23.2 Å². The standard InChI is InChI=1S/C18H21Cl2N/c1-3-7-13-8-5-9-14(12-13)18(21-4-2)17-15(19)10-6-11-16(17)20/h5-6,8-12,18,21H,3-4,7H2,1-2H3. The Labute approximate surface area is 137 Å². The zero-order valence-electron chi connectivity index (χ0n) is 12.5. The third kappa shape index (κ3) is 4.00. The van der Waals surface area contributed by atoms with Crippen LogP contribution in [0.3, 0.4) is 0 Å². The molecule has 0 aliphatic carbocycles. The Morgan fingerprint density at radius 2 is 1.67 bits per heavy atom. The SMILES string of the molecule is CCCc1cccc(C(NCC)c2c(Cl)cccc2Cl)c1. The van der Waals surface area contributed by atoms with Crippen LogP contribution in [-0.2, 0) is 6.42 Å². The molecule has 1 unspecified atom stereocenters. The molecule has 1 nitrogen and oxygen atoms in total. The normalized spacial score (nSPS) is 12.4. The van der Waals surface area contributed by atoms with E-state index in [4.69, 9.17) is 23.2 Å². The molecule has 0 aliphatic rings. The van der Waals surface area contributed by atoms with Crippen LogP contribution in [-0.4, -0.2) is 6.54 Å². The van der Waals surface area contributed by atoms with Crippen molar-refractivity contribution in [2.24, 2.45) is 0 Å². The van der Waals surface area contributed by atoms with Gasteiger partial charge in [-0.05, 0) is 36.2 Å². The summed E-state index contributed by atoms with van der Waals surface area (Å²) in [4.78, 5) is 0. The highest BCUT2D eigenvalue weighted by atomic mass is 35.5. The van der Waals surface area contributed by atoms with Crippen LogP contribution in [0.2, 0.25) is 10.0 Å². The Kier molecular flexibility index (Phi) is 6.10. The van der Waals surface area contributed by atoms with E-state index in [0.29, 0.717) is 10.0 Å². The third-order valence-electron chi connectivity index (χ3n) is 3.52. The van der Waals surface area contributed by atoms with Crippen LogP contribution in [0.1, 0.15) is 43.0 Å². The first-order valence-electron chi connectivity index (χ1n) is 7.43. The van der Waals surface area contributed by atoms with Gasteiger partial charge >= 0.3 is 0 Å². The smallest absolute Gasteiger partial charge is 0.0606 e. The maximum Gasteiger partial charge on any atom is 0.0606 e. The second-order valence-electron chi connectivity index (χ2n) is 5.12. The largest absolute Gasteiger partial charge is 0.306 e. The fourth-order valence-electron chi connectivity index (χ4n) is 2.59. The van der Waals surface area contributed by atoms with Crippen molar-refractivity contribution in [2.45, 2.75) is 32.7 Å². The van der Waals surface area contributed by atoms with Crippen molar-refractivity contribution < 1.29 is 0 Å². The molecule has 0 amide bonds. The minimum Gasteiger partial charge on any atom is -0.306 e. The summed E-state index contributed by atoms with van der Waals surface area (Å²) in [5, 5.41) is 4.90. The molecule has 0 aliphatic heterocycles. The molecule has 0 saturated heterocycles. The van der Waals surface area contributed by atoms with E-state index in [2.05, 4.69) is 43.4 Å². The van der Waals surface area contributed by atoms with E-state index in [-0.39, 0.29) is 6.04 Å². The molecule has 0 aromatic heterocycles. The van der Waals surface area contributed by atoms with Crippen LogP contribution in [0.4, 0.5) is 0 Å². The van der Waals surface area contributed by atoms with Gasteiger partial charge in [-0.15, -0.1) is 0 Å². The van der Waals surface area contributed by atoms with Gasteiger partial charge in [0.05, 0.1) is 6.04 Å². The number of benzene rings is 2. The summed E-state index contributed by atoms with van der Waals surface area (Å²) in [5.74, 6) is 0. The number of halogens is 2. The van der Waals surface area contributed by atoms with E-state index in [0.717, 1.165) is 24.9 Å². The van der Waals surface area contributed by atoms with Crippen molar-refractivity contribution in [2.75, 3.05) is 6.54 Å². The molecular formula is C18H21Cl2N. The molecule has 1 atom stereocenters. The van der Waals surface area contributed by atoms with Gasteiger partial charge in [0.1, 0.15) is 0 Å². The summed E-state index contributed by atoms with van der Waals surface area (Å²) in [6, 6.07) is 14.3. The van der Waals surface area contributed by atoms with Gasteiger partial charge in [0.15, 0.2) is 0 Å². The minimum absolute atomic E-state index is 0.0213. The van der Waals surface area contributed by atoms with Crippen molar-refractivity contribution in [3.63, 3.8) is 0 Å². The lowest BCUT2D eigenvalue weighted by Crippen LogP contribution is -2.22. The second-order valence-corrected chi connectivity index (χ2v) is 5.94. The number of nitrogens with one attached hydrogen (secondary N) is 1. The van der Waals surface area contributed by atoms with Gasteiger partial charge in [-0.1, -0.05) is 73.8 Å². The lowest BCUT2D eigenvalue weighted by molar-refractivity contribution is 0.630. The highest BCUT2D eigenvalue weighted by Gasteiger charge is 2.19. The summed E-state index contributed by atoms with van der Waals surface area (Å²) < 4.78 is 0. The first-order chi connectivity index (χ1) is 10.2. The van der Waals surface area contributed by atoms with E-state index in [9.17, 15) is 0 Å². The number of rotatable bonds is 6. The van der Waals surface area contributed by atoms with Crippen molar-refractivity contribution in [1.82, 2.24) is 5.32 Å². The monoisotopic (exact) mass is 321 g/mol. The number of aryl methyl sites for hydroxylation is 1. The lowest BCUT2D eigenvalue weighted by atomic mass is 9.96. The minimum atomic E-state index is 0.0213. The Morgan fingerprint density at radius 1 is 1.00 bits per heavy atom. The van der Waals surface area contributed by atoms with Gasteiger partial charge in [-0.25, -0.2) is 0 Å². The van der Waals surface area contributed by atoms with Crippen molar-refractivity contribution >= 4 is 23.2 Å². The van der Waals surface area contributed by atoms with E-state index in [1.54, 1.807) is 0 Å². The lowest BCUT2D eigenvalue weighted by Gasteiger charge is -2.22. The van der Waals surface area contributed by atoms with Crippen LogP contribution in [0.15, 0.2) is 42.5 Å². The van der Waals surface area contributed by atoms with Crippen LogP contribution in [0, 0.1) is 0 Å². The van der Waals surface area contributed by atoms with Gasteiger partial charge < -0.3 is 5.32 Å². The first-order valence-corrected chi connectivity index (χ1v) is 8.19. The summed E-state index contributed by atoms with van der Waals surface area (Å²) >= 11 is 12.8. The van der Waals surface area contributed by atoms with Crippen LogP contribution < -0.4 is 5.32 Å². The molecular weight excluding hydrogens is 301 g/mol. The second kappa shape index (κ2) is 7.84. The quantitative estimate of drug-likeness (QED) is 0.725. The molecule has 21 heavy (non-hydrogen) atoms. The van der Waals surface area contributed by atoms with Crippen LogP contribution in [0.5, 0.6) is 0 Å². The summed E-state index contributed by atoms with van der Waals surface area (Å²) in [6.07, 6.45) is 2.23. The predicted molar refractivity (Wildman–Crippen MR) is 92.4 cm³/mol. The van der Waals surface area contributed by atoms with Gasteiger partial charge in [-0.3, -0.25) is 0 Å². The molecule has 3 heteroatoms. The van der Waals surface area contributed by atoms with Crippen molar-refractivity contribution in [3.8, 4) is 0 Å². The fourth-order valence-corrected chi connectivity index (χ4v) is 3.21. The molecule has 1 N–H and O–H groups in total. The van der Waals surface area contributed by atoms with E-state index in [1.807, 2.05) is 18.2 Å². The van der Waals surface area contributed by atoms with Gasteiger partial charge in [-0.2, -0.15) is 0 Å². The van der Waals surface area contributed by atoms with E-state index in [1.165, 1.54) is 11.1 Å². The predicted octanol–water partition coefficient (Wildman–Crippen LogP) is 5.64. The summed E-state index contributed by atoms with van der Waals surface area (Å²) in [7, 11) is 0. The number of hydrogen-bond acceptors (Lipinski definition) is 1. The molecule has 2 rings (SSSR count). The van der Waals surface area contributed by atoms with Crippen molar-refractivity contribution in [1.29, 1.82) is 0 Å². The van der Waals surface area contributed by atoms with E-state index >= 15 is 0 Å². The first kappa shape index (κ1) is 16.4. The Morgan fingerprint density at radius 3 is 2.29 bits per heavy atom. The van der Waals surface area contributed by atoms with E-state index < -0.39 is 0 Å². The topological polar surface area (TPSA) is 12.0 Å². The average molecular weight is 322 g/mol. The maximum absolute atomic E-state index is 6.39. The molecule has 0 radical (unpaired) electrons. The molecule has 0 saturated carbocycles. The Hall–Kier alpha value is -1.02. The Bertz CT molecular complexity index is 575. The highest BCUT2D eigenvalue weighted by Crippen LogP contribution is 2.34. The average Bonchev–Trinajstić information content (AvgIpc) is 2.47. The molecule has 2 aromatic carbocycles. The Balaban J connectivity index is 2.46. The van der Waals surface area contributed by atoms with Gasteiger partial charge in [0, 0.05) is 15.6 Å². The molecule has 112 valence electrons. The zero-order valence-corrected chi connectivity index (χ0v) is 14.0. The van der Waals surface area contributed by atoms with Crippen LogP contribution in [0.25, 0.3) is 0 Å². The fraction of sp³-hybridized carbons (Fsp3) is 0.333. The van der Waals surface area contributed by atoms with Gasteiger partial charge in [0.2, 0.25) is 0 Å². The summed E-state index contributed by atoms with van der Waals surface area (Å²) in [5.41, 5.74) is 3.51. The van der Waals surface area contributed by atoms with Gasteiger partial charge in [0.25, 0.3) is 0 Å². The highest BCUT2D eigenvalue weighted by molar-refractivity contribution is 6.36. The summed E-state index contributed by atoms with van der Waals surface area (Å²) in [6.45, 7) is 5.14. The molecule has 0 bridgehead atoms. The zero-order chi connectivity index (χ0) is 15.2. The molecule has 0 fully saturated rings. The molecule has 0 spiro atoms. The molecule has 0 heterocycles.